The number of rotatable bonds is 9. The molecule has 2 aromatic rings. The van der Waals surface area contributed by atoms with Gasteiger partial charge in [0.25, 0.3) is 5.91 Å². The van der Waals surface area contributed by atoms with Crippen LogP contribution >= 0.6 is 0 Å². The molecule has 0 unspecified atom stereocenters. The molecule has 0 fully saturated rings. The highest BCUT2D eigenvalue weighted by Gasteiger charge is 2.11. The fourth-order valence-corrected chi connectivity index (χ4v) is 2.44. The third-order valence-electron chi connectivity index (χ3n) is 3.93. The second-order valence-corrected chi connectivity index (χ2v) is 5.88. The van der Waals surface area contributed by atoms with E-state index in [4.69, 9.17) is 24.7 Å². The van der Waals surface area contributed by atoms with Crippen molar-refractivity contribution in [2.45, 2.75) is 0 Å². The van der Waals surface area contributed by atoms with E-state index in [1.165, 1.54) is 57.7 Å². The first-order chi connectivity index (χ1) is 14.4. The molecule has 158 valence electrons. The van der Waals surface area contributed by atoms with E-state index in [0.29, 0.717) is 34.1 Å². The Balaban J connectivity index is 1.94. The summed E-state index contributed by atoms with van der Waals surface area (Å²) >= 11 is 0. The molecule has 3 N–H and O–H groups in total. The van der Waals surface area contributed by atoms with Gasteiger partial charge in [0.1, 0.15) is 5.75 Å². The Morgan fingerprint density at radius 3 is 2.10 bits per heavy atom. The van der Waals surface area contributed by atoms with Gasteiger partial charge in [0.05, 0.1) is 21.3 Å². The van der Waals surface area contributed by atoms with E-state index in [9.17, 15) is 14.4 Å². The van der Waals surface area contributed by atoms with Crippen LogP contribution in [0.4, 0.5) is 5.69 Å². The van der Waals surface area contributed by atoms with Crippen molar-refractivity contribution in [2.75, 3.05) is 33.3 Å². The van der Waals surface area contributed by atoms with Crippen molar-refractivity contribution in [1.29, 1.82) is 0 Å². The zero-order chi connectivity index (χ0) is 22.1. The van der Waals surface area contributed by atoms with Crippen LogP contribution in [0.1, 0.15) is 15.9 Å². The van der Waals surface area contributed by atoms with Crippen LogP contribution in [0.2, 0.25) is 0 Å². The maximum atomic E-state index is 11.9. The monoisotopic (exact) mass is 414 g/mol. The lowest BCUT2D eigenvalue weighted by Gasteiger charge is -2.12. The zero-order valence-corrected chi connectivity index (χ0v) is 16.8. The lowest BCUT2D eigenvalue weighted by molar-refractivity contribution is -0.142. The number of esters is 1. The largest absolute Gasteiger partial charge is 0.496 e. The van der Waals surface area contributed by atoms with Gasteiger partial charge in [-0.2, -0.15) is 0 Å². The summed E-state index contributed by atoms with van der Waals surface area (Å²) in [6.45, 7) is -0.482. The maximum absolute atomic E-state index is 11.9. The lowest BCUT2D eigenvalue weighted by Crippen LogP contribution is -2.20. The summed E-state index contributed by atoms with van der Waals surface area (Å²) in [7, 11) is 4.48. The van der Waals surface area contributed by atoms with Gasteiger partial charge in [-0.05, 0) is 36.4 Å². The van der Waals surface area contributed by atoms with E-state index in [2.05, 4.69) is 5.32 Å². The molecule has 9 nitrogen and oxygen atoms in total. The first kappa shape index (κ1) is 22.3. The Morgan fingerprint density at radius 2 is 1.53 bits per heavy atom. The fourth-order valence-electron chi connectivity index (χ4n) is 2.44. The molecule has 0 radical (unpaired) electrons. The number of methoxy groups -OCH3 is 3. The van der Waals surface area contributed by atoms with Crippen molar-refractivity contribution in [3.8, 4) is 17.2 Å². The molecular weight excluding hydrogens is 392 g/mol. The summed E-state index contributed by atoms with van der Waals surface area (Å²) < 4.78 is 20.6. The van der Waals surface area contributed by atoms with Gasteiger partial charge in [0.15, 0.2) is 18.1 Å². The highest BCUT2D eigenvalue weighted by atomic mass is 16.5. The number of nitrogens with two attached hydrogens (primary N) is 1. The minimum absolute atomic E-state index is 0.315. The number of amides is 2. The van der Waals surface area contributed by atoms with E-state index in [-0.39, 0.29) is 0 Å². The molecule has 2 rings (SSSR count). The second kappa shape index (κ2) is 10.5. The topological polar surface area (TPSA) is 126 Å². The van der Waals surface area contributed by atoms with Crippen molar-refractivity contribution in [1.82, 2.24) is 0 Å². The highest BCUT2D eigenvalue weighted by molar-refractivity contribution is 5.96. The van der Waals surface area contributed by atoms with Crippen LogP contribution in [-0.4, -0.2) is 45.7 Å². The van der Waals surface area contributed by atoms with Crippen molar-refractivity contribution >= 4 is 29.5 Å². The molecule has 2 amide bonds. The number of hydrogen-bond donors (Lipinski definition) is 2. The normalized spacial score (nSPS) is 10.4. The molecule has 0 aliphatic heterocycles. The summed E-state index contributed by atoms with van der Waals surface area (Å²) in [4.78, 5) is 34.9. The zero-order valence-electron chi connectivity index (χ0n) is 16.8. The van der Waals surface area contributed by atoms with E-state index >= 15 is 0 Å². The summed E-state index contributed by atoms with van der Waals surface area (Å²) in [6, 6.07) is 9.25. The molecule has 0 atom stereocenters. The van der Waals surface area contributed by atoms with Gasteiger partial charge in [0.2, 0.25) is 5.91 Å². The van der Waals surface area contributed by atoms with Gasteiger partial charge in [-0.1, -0.05) is 0 Å². The molecule has 0 saturated heterocycles. The number of ether oxygens (including phenoxy) is 4. The number of anilines is 1. The first-order valence-electron chi connectivity index (χ1n) is 8.72. The minimum Gasteiger partial charge on any atom is -0.496 e. The molecule has 2 aromatic carbocycles. The van der Waals surface area contributed by atoms with E-state index < -0.39 is 24.4 Å². The van der Waals surface area contributed by atoms with Gasteiger partial charge < -0.3 is 30.0 Å². The van der Waals surface area contributed by atoms with E-state index in [1.54, 1.807) is 12.1 Å². The summed E-state index contributed by atoms with van der Waals surface area (Å²) in [5.74, 6) is -0.408. The van der Waals surface area contributed by atoms with Crippen LogP contribution in [0.3, 0.4) is 0 Å². The van der Waals surface area contributed by atoms with Gasteiger partial charge in [-0.25, -0.2) is 4.79 Å². The first-order valence-corrected chi connectivity index (χ1v) is 8.72. The Labute approximate surface area is 173 Å². The van der Waals surface area contributed by atoms with E-state index in [0.717, 1.165) is 0 Å². The van der Waals surface area contributed by atoms with Crippen molar-refractivity contribution in [3.63, 3.8) is 0 Å². The second-order valence-electron chi connectivity index (χ2n) is 5.88. The molecule has 0 aliphatic rings. The van der Waals surface area contributed by atoms with Crippen LogP contribution < -0.4 is 25.3 Å². The average Bonchev–Trinajstić information content (AvgIpc) is 2.75. The summed E-state index contributed by atoms with van der Waals surface area (Å²) in [5.41, 5.74) is 6.47. The Morgan fingerprint density at radius 1 is 0.933 bits per heavy atom. The van der Waals surface area contributed by atoms with Crippen LogP contribution in [0, 0.1) is 0 Å². The molecule has 9 heteroatoms. The molecule has 0 aromatic heterocycles. The van der Waals surface area contributed by atoms with Crippen molar-refractivity contribution in [2.24, 2.45) is 5.73 Å². The number of carbonyl (C=O) groups is 3. The van der Waals surface area contributed by atoms with Crippen molar-refractivity contribution in [3.05, 3.63) is 53.6 Å². The highest BCUT2D eigenvalue weighted by Crippen LogP contribution is 2.35. The van der Waals surface area contributed by atoms with Gasteiger partial charge >= 0.3 is 5.97 Å². The number of nitrogens with one attached hydrogen (secondary N) is 1. The van der Waals surface area contributed by atoms with Gasteiger partial charge in [-0.15, -0.1) is 0 Å². The quantitative estimate of drug-likeness (QED) is 0.475. The minimum atomic E-state index is -0.717. The number of benzene rings is 2. The molecule has 0 spiro atoms. The standard InChI is InChI=1S/C21H22N2O7/c1-27-16-11-18(29-3)17(28-2)10-14(16)6-9-20(25)30-12-19(24)23-15-7-4-13(5-8-15)21(22)26/h4-11H,12H2,1-3H3,(H2,22,26)(H,23,24)/b9-6+. The average molecular weight is 414 g/mol. The molecule has 30 heavy (non-hydrogen) atoms. The Kier molecular flexibility index (Phi) is 7.81. The maximum Gasteiger partial charge on any atom is 0.331 e. The molecule has 0 heterocycles. The predicted molar refractivity (Wildman–Crippen MR) is 110 cm³/mol. The number of primary amides is 1. The van der Waals surface area contributed by atoms with Crippen LogP contribution in [0.25, 0.3) is 6.08 Å². The lowest BCUT2D eigenvalue weighted by atomic mass is 10.1. The number of carbonyl (C=O) groups excluding carboxylic acids is 3. The van der Waals surface area contributed by atoms with Crippen molar-refractivity contribution < 1.29 is 33.3 Å². The van der Waals surface area contributed by atoms with E-state index in [1.807, 2.05) is 0 Å². The molecular formula is C21H22N2O7. The number of hydrogen-bond acceptors (Lipinski definition) is 7. The van der Waals surface area contributed by atoms with Crippen LogP contribution in [-0.2, 0) is 14.3 Å². The predicted octanol–water partition coefficient (Wildman–Crippen LogP) is 2.01. The van der Waals surface area contributed by atoms with Gasteiger partial charge in [0, 0.05) is 29.0 Å². The molecule has 0 bridgehead atoms. The molecule has 0 aliphatic carbocycles. The van der Waals surface area contributed by atoms with Crippen LogP contribution in [0.5, 0.6) is 17.2 Å². The SMILES string of the molecule is COc1cc(OC)c(OC)cc1/C=C/C(=O)OCC(=O)Nc1ccc(C(N)=O)cc1. The van der Waals surface area contributed by atoms with Crippen LogP contribution in [0.15, 0.2) is 42.5 Å². The smallest absolute Gasteiger partial charge is 0.331 e. The van der Waals surface area contributed by atoms with Gasteiger partial charge in [-0.3, -0.25) is 9.59 Å². The summed E-state index contributed by atoms with van der Waals surface area (Å²) in [5, 5.41) is 2.54. The fraction of sp³-hybridized carbons (Fsp3) is 0.190. The third kappa shape index (κ3) is 5.99. The molecule has 0 saturated carbocycles. The Bertz CT molecular complexity index is 953. The third-order valence-corrected chi connectivity index (χ3v) is 3.93. The summed E-state index contributed by atoms with van der Waals surface area (Å²) in [6.07, 6.45) is 2.64. The Hall–Kier alpha value is -4.01.